The first-order valence-corrected chi connectivity index (χ1v) is 8.32. The van der Waals surface area contributed by atoms with Crippen LogP contribution in [0.2, 0.25) is 5.02 Å². The first kappa shape index (κ1) is 14.9. The van der Waals surface area contributed by atoms with Gasteiger partial charge in [0.1, 0.15) is 0 Å². The predicted octanol–water partition coefficient (Wildman–Crippen LogP) is 6.53. The largest absolute Gasteiger partial charge is 0.247 e. The first-order chi connectivity index (χ1) is 11.7. The number of pyridine rings is 1. The Balaban J connectivity index is 1.79. The van der Waals surface area contributed by atoms with E-state index in [1.165, 1.54) is 11.1 Å². The molecule has 4 aromatic rings. The monoisotopic (exact) mass is 329 g/mol. The van der Waals surface area contributed by atoms with Gasteiger partial charge in [-0.25, -0.2) is 4.98 Å². The number of aromatic nitrogens is 1. The van der Waals surface area contributed by atoms with E-state index in [1.807, 2.05) is 24.3 Å². The molecule has 0 saturated heterocycles. The van der Waals surface area contributed by atoms with Crippen molar-refractivity contribution in [2.24, 2.45) is 0 Å². The molecule has 2 heteroatoms. The minimum atomic E-state index is 0.745. The van der Waals surface area contributed by atoms with Gasteiger partial charge in [-0.15, -0.1) is 0 Å². The quantitative estimate of drug-likeness (QED) is 0.407. The molecule has 0 radical (unpaired) electrons. The summed E-state index contributed by atoms with van der Waals surface area (Å²) in [5, 5.41) is 1.75. The van der Waals surface area contributed by atoms with Gasteiger partial charge in [-0.3, -0.25) is 0 Å². The van der Waals surface area contributed by atoms with Crippen molar-refractivity contribution >= 4 is 22.5 Å². The molecule has 4 rings (SSSR count). The van der Waals surface area contributed by atoms with E-state index in [-0.39, 0.29) is 0 Å². The molecule has 0 spiro atoms. The average molecular weight is 330 g/mol. The Labute approximate surface area is 146 Å². The fourth-order valence-electron chi connectivity index (χ4n) is 3.00. The van der Waals surface area contributed by atoms with E-state index in [9.17, 15) is 0 Å². The van der Waals surface area contributed by atoms with Crippen LogP contribution in [0.15, 0.2) is 78.9 Å². The molecule has 1 aromatic heterocycles. The van der Waals surface area contributed by atoms with Crippen LogP contribution in [0, 0.1) is 6.92 Å². The van der Waals surface area contributed by atoms with Crippen molar-refractivity contribution in [2.45, 2.75) is 6.92 Å². The second-order valence-corrected chi connectivity index (χ2v) is 6.31. The van der Waals surface area contributed by atoms with Crippen molar-refractivity contribution in [3.05, 3.63) is 89.4 Å². The minimum absolute atomic E-state index is 0.745. The van der Waals surface area contributed by atoms with E-state index >= 15 is 0 Å². The Kier molecular flexibility index (Phi) is 3.79. The van der Waals surface area contributed by atoms with Gasteiger partial charge < -0.3 is 0 Å². The summed E-state index contributed by atoms with van der Waals surface area (Å²) in [6.45, 7) is 2.08. The minimum Gasteiger partial charge on any atom is -0.247 e. The summed E-state index contributed by atoms with van der Waals surface area (Å²) in [6, 6.07) is 26.9. The van der Waals surface area contributed by atoms with Gasteiger partial charge in [0, 0.05) is 16.0 Å². The number of hydrogen-bond acceptors (Lipinski definition) is 1. The molecule has 0 aliphatic carbocycles. The smallest absolute Gasteiger partial charge is 0.0738 e. The van der Waals surface area contributed by atoms with Crippen LogP contribution in [-0.2, 0) is 0 Å². The van der Waals surface area contributed by atoms with Crippen LogP contribution < -0.4 is 0 Å². The molecule has 0 bridgehead atoms. The van der Waals surface area contributed by atoms with Crippen molar-refractivity contribution < 1.29 is 0 Å². The molecule has 24 heavy (non-hydrogen) atoms. The number of rotatable bonds is 2. The number of fused-ring (bicyclic) bond motifs is 1. The van der Waals surface area contributed by atoms with E-state index in [4.69, 9.17) is 16.6 Å². The maximum atomic E-state index is 6.28. The summed E-state index contributed by atoms with van der Waals surface area (Å²) in [5.74, 6) is 0. The summed E-state index contributed by atoms with van der Waals surface area (Å²) in [4.78, 5) is 4.82. The van der Waals surface area contributed by atoms with Gasteiger partial charge in [0.15, 0.2) is 0 Å². The Hall–Kier alpha value is -2.64. The molecule has 3 aromatic carbocycles. The van der Waals surface area contributed by atoms with E-state index < -0.39 is 0 Å². The van der Waals surface area contributed by atoms with Crippen LogP contribution in [0.3, 0.4) is 0 Å². The van der Waals surface area contributed by atoms with Gasteiger partial charge in [-0.2, -0.15) is 0 Å². The zero-order valence-corrected chi connectivity index (χ0v) is 14.1. The Morgan fingerprint density at radius 1 is 0.708 bits per heavy atom. The lowest BCUT2D eigenvalue weighted by Gasteiger charge is -2.09. The highest BCUT2D eigenvalue weighted by atomic mass is 35.5. The third kappa shape index (κ3) is 2.68. The number of hydrogen-bond donors (Lipinski definition) is 0. The zero-order chi connectivity index (χ0) is 16.5. The van der Waals surface area contributed by atoms with Crippen LogP contribution in [0.5, 0.6) is 0 Å². The summed E-state index contributed by atoms with van der Waals surface area (Å²) in [7, 11) is 0. The summed E-state index contributed by atoms with van der Waals surface area (Å²) in [5.41, 5.74) is 6.61. The molecule has 0 unspecified atom stereocenters. The highest BCUT2D eigenvalue weighted by Crippen LogP contribution is 2.30. The molecule has 0 N–H and O–H groups in total. The van der Waals surface area contributed by atoms with Gasteiger partial charge in [0.25, 0.3) is 0 Å². The lowest BCUT2D eigenvalue weighted by molar-refractivity contribution is 1.33. The van der Waals surface area contributed by atoms with Crippen LogP contribution in [0.4, 0.5) is 0 Å². The molecule has 0 aliphatic heterocycles. The van der Waals surface area contributed by atoms with Crippen LogP contribution in [-0.4, -0.2) is 4.98 Å². The first-order valence-electron chi connectivity index (χ1n) is 7.94. The maximum absolute atomic E-state index is 6.28. The van der Waals surface area contributed by atoms with E-state index in [2.05, 4.69) is 61.5 Å². The number of aryl methyl sites for hydroxylation is 1. The fraction of sp³-hybridized carbons (Fsp3) is 0.0455. The van der Waals surface area contributed by atoms with E-state index in [0.29, 0.717) is 0 Å². The molecule has 116 valence electrons. The van der Waals surface area contributed by atoms with Crippen LogP contribution in [0.25, 0.3) is 33.3 Å². The Bertz CT molecular complexity index is 1010. The molecule has 0 aliphatic rings. The highest BCUT2D eigenvalue weighted by molar-refractivity contribution is 6.35. The second kappa shape index (κ2) is 6.10. The summed E-state index contributed by atoms with van der Waals surface area (Å²) in [6.07, 6.45) is 0. The van der Waals surface area contributed by atoms with Crippen LogP contribution >= 0.6 is 11.6 Å². The van der Waals surface area contributed by atoms with Crippen molar-refractivity contribution in [3.63, 3.8) is 0 Å². The summed E-state index contributed by atoms with van der Waals surface area (Å²) >= 11 is 6.28. The van der Waals surface area contributed by atoms with Gasteiger partial charge in [0.2, 0.25) is 0 Å². The van der Waals surface area contributed by atoms with Gasteiger partial charge >= 0.3 is 0 Å². The lowest BCUT2D eigenvalue weighted by Crippen LogP contribution is -1.91. The standard InChI is InChI=1S/C22H16ClN/c1-15-14-19-20(23)8-5-9-21(19)24-22(15)18-12-10-17(11-13-18)16-6-3-2-4-7-16/h2-14H,1H3. The third-order valence-corrected chi connectivity index (χ3v) is 4.59. The molecule has 0 amide bonds. The SMILES string of the molecule is Cc1cc2c(Cl)cccc2nc1-c1ccc(-c2ccccc2)cc1. The van der Waals surface area contributed by atoms with E-state index in [0.717, 1.165) is 32.7 Å². The number of benzene rings is 3. The van der Waals surface area contributed by atoms with Gasteiger partial charge in [-0.1, -0.05) is 72.3 Å². The molecule has 1 nitrogen and oxygen atoms in total. The van der Waals surface area contributed by atoms with Crippen LogP contribution in [0.1, 0.15) is 5.56 Å². The van der Waals surface area contributed by atoms with Gasteiger partial charge in [-0.05, 0) is 41.8 Å². The molecule has 1 heterocycles. The lowest BCUT2D eigenvalue weighted by atomic mass is 10.0. The zero-order valence-electron chi connectivity index (χ0n) is 13.3. The third-order valence-electron chi connectivity index (χ3n) is 4.26. The topological polar surface area (TPSA) is 12.9 Å². The molecule has 0 saturated carbocycles. The average Bonchev–Trinajstić information content (AvgIpc) is 2.63. The Morgan fingerprint density at radius 3 is 2.12 bits per heavy atom. The van der Waals surface area contributed by atoms with Crippen molar-refractivity contribution in [1.82, 2.24) is 4.98 Å². The summed E-state index contributed by atoms with van der Waals surface area (Å²) < 4.78 is 0. The second-order valence-electron chi connectivity index (χ2n) is 5.90. The molecule has 0 atom stereocenters. The fourth-order valence-corrected chi connectivity index (χ4v) is 3.23. The molecular weight excluding hydrogens is 314 g/mol. The Morgan fingerprint density at radius 2 is 1.38 bits per heavy atom. The van der Waals surface area contributed by atoms with Crippen molar-refractivity contribution in [1.29, 1.82) is 0 Å². The van der Waals surface area contributed by atoms with Gasteiger partial charge in [0.05, 0.1) is 11.2 Å². The molecular formula is C22H16ClN. The maximum Gasteiger partial charge on any atom is 0.0738 e. The molecule has 0 fully saturated rings. The highest BCUT2D eigenvalue weighted by Gasteiger charge is 2.08. The van der Waals surface area contributed by atoms with Crippen molar-refractivity contribution in [3.8, 4) is 22.4 Å². The van der Waals surface area contributed by atoms with Crippen molar-refractivity contribution in [2.75, 3.05) is 0 Å². The normalized spacial score (nSPS) is 10.9. The predicted molar refractivity (Wildman–Crippen MR) is 102 cm³/mol. The number of nitrogens with zero attached hydrogens (tertiary/aromatic N) is 1. The van der Waals surface area contributed by atoms with E-state index in [1.54, 1.807) is 0 Å². The number of halogens is 1.